The summed E-state index contributed by atoms with van der Waals surface area (Å²) in [7, 11) is 3.81. The van der Waals surface area contributed by atoms with Crippen molar-refractivity contribution >= 4 is 5.91 Å². The van der Waals surface area contributed by atoms with E-state index >= 15 is 0 Å². The number of benzene rings is 1. The van der Waals surface area contributed by atoms with Gasteiger partial charge in [0.25, 0.3) is 5.91 Å². The van der Waals surface area contributed by atoms with Crippen LogP contribution in [0.5, 0.6) is 5.75 Å². The van der Waals surface area contributed by atoms with Crippen molar-refractivity contribution in [1.29, 1.82) is 0 Å². The molecule has 0 radical (unpaired) electrons. The number of hydrogen-bond acceptors (Lipinski definition) is 4. The Labute approximate surface area is 152 Å². The average Bonchev–Trinajstić information content (AvgIpc) is 3.18. The molecule has 6 nitrogen and oxygen atoms in total. The lowest BCUT2D eigenvalue weighted by molar-refractivity contribution is 0.0761. The van der Waals surface area contributed by atoms with E-state index in [0.717, 1.165) is 18.8 Å². The Balaban J connectivity index is 1.54. The molecule has 2 aromatic rings. The molecule has 3 heterocycles. The van der Waals surface area contributed by atoms with Crippen molar-refractivity contribution in [2.75, 3.05) is 33.8 Å². The number of nitrogens with one attached hydrogen (secondary N) is 1. The van der Waals surface area contributed by atoms with Gasteiger partial charge in [0.1, 0.15) is 11.4 Å². The van der Waals surface area contributed by atoms with Gasteiger partial charge in [-0.1, -0.05) is 18.2 Å². The second-order valence-corrected chi connectivity index (χ2v) is 7.22. The summed E-state index contributed by atoms with van der Waals surface area (Å²) >= 11 is 0. The molecule has 2 saturated heterocycles. The highest BCUT2D eigenvalue weighted by atomic mass is 16.5. The third kappa shape index (κ3) is 2.90. The normalized spacial score (nSPS) is 25.3. The summed E-state index contributed by atoms with van der Waals surface area (Å²) in [4.78, 5) is 31.2. The van der Waals surface area contributed by atoms with Crippen molar-refractivity contribution in [2.24, 2.45) is 11.8 Å². The van der Waals surface area contributed by atoms with Gasteiger partial charge in [0.05, 0.1) is 7.11 Å². The van der Waals surface area contributed by atoms with Gasteiger partial charge < -0.3 is 14.6 Å². The van der Waals surface area contributed by atoms with Gasteiger partial charge in [-0.15, -0.1) is 0 Å². The van der Waals surface area contributed by atoms with E-state index in [0.29, 0.717) is 30.1 Å². The summed E-state index contributed by atoms with van der Waals surface area (Å²) in [6, 6.07) is 13.2. The zero-order chi connectivity index (χ0) is 18.3. The maximum Gasteiger partial charge on any atom is 0.270 e. The molecule has 136 valence electrons. The molecule has 1 aromatic heterocycles. The second kappa shape index (κ2) is 6.61. The van der Waals surface area contributed by atoms with E-state index in [4.69, 9.17) is 4.74 Å². The van der Waals surface area contributed by atoms with Crippen LogP contribution in [0.3, 0.4) is 0 Å². The van der Waals surface area contributed by atoms with Crippen molar-refractivity contribution in [3.63, 3.8) is 0 Å². The molecule has 0 aliphatic carbocycles. The summed E-state index contributed by atoms with van der Waals surface area (Å²) in [5.41, 5.74) is 1.38. The molecule has 2 aliphatic rings. The third-order valence-electron chi connectivity index (χ3n) is 5.64. The lowest BCUT2D eigenvalue weighted by Crippen LogP contribution is -2.34. The molecule has 3 atom stereocenters. The van der Waals surface area contributed by atoms with Gasteiger partial charge in [-0.3, -0.25) is 14.5 Å². The van der Waals surface area contributed by atoms with Gasteiger partial charge in [0, 0.05) is 37.7 Å². The molecule has 0 unspecified atom stereocenters. The van der Waals surface area contributed by atoms with Gasteiger partial charge in [0.2, 0.25) is 5.56 Å². The summed E-state index contributed by atoms with van der Waals surface area (Å²) in [6.07, 6.45) is 0. The monoisotopic (exact) mass is 353 g/mol. The van der Waals surface area contributed by atoms with Gasteiger partial charge in [-0.25, -0.2) is 0 Å². The van der Waals surface area contributed by atoms with E-state index in [-0.39, 0.29) is 11.5 Å². The van der Waals surface area contributed by atoms with Crippen LogP contribution in [0.2, 0.25) is 0 Å². The highest BCUT2D eigenvalue weighted by Crippen LogP contribution is 2.44. The first kappa shape index (κ1) is 16.8. The van der Waals surface area contributed by atoms with Crippen LogP contribution in [0.1, 0.15) is 22.1 Å². The molecule has 26 heavy (non-hydrogen) atoms. The number of aromatic amines is 1. The lowest BCUT2D eigenvalue weighted by atomic mass is 9.89. The minimum Gasteiger partial charge on any atom is -0.497 e. The Morgan fingerprint density at radius 3 is 2.58 bits per heavy atom. The minimum absolute atomic E-state index is 0.0896. The van der Waals surface area contributed by atoms with Crippen LogP contribution in [-0.4, -0.2) is 54.5 Å². The molecule has 0 spiro atoms. The lowest BCUT2D eigenvalue weighted by Gasteiger charge is -2.27. The molecule has 1 aromatic carbocycles. The SMILES string of the molecule is COc1ccc([C@@H]2[C@@H]3CN(C(=O)c4cccc(=O)[nH]4)C[C@@H]3CN2C)cc1. The Kier molecular flexibility index (Phi) is 4.28. The van der Waals surface area contributed by atoms with Crippen molar-refractivity contribution in [3.05, 3.63) is 64.1 Å². The van der Waals surface area contributed by atoms with Crippen LogP contribution in [0.15, 0.2) is 47.3 Å². The fourth-order valence-corrected chi connectivity index (χ4v) is 4.47. The molecule has 2 aliphatic heterocycles. The quantitative estimate of drug-likeness (QED) is 0.913. The highest BCUT2D eigenvalue weighted by Gasteiger charge is 2.47. The number of nitrogens with zero attached hydrogens (tertiary/aromatic N) is 2. The number of aromatic nitrogens is 1. The van der Waals surface area contributed by atoms with Gasteiger partial charge in [-0.05, 0) is 36.7 Å². The molecule has 1 N–H and O–H groups in total. The van der Waals surface area contributed by atoms with Gasteiger partial charge in [-0.2, -0.15) is 0 Å². The van der Waals surface area contributed by atoms with Gasteiger partial charge >= 0.3 is 0 Å². The number of carbonyl (C=O) groups is 1. The zero-order valence-corrected chi connectivity index (χ0v) is 15.0. The minimum atomic E-state index is -0.244. The van der Waals surface area contributed by atoms with Crippen LogP contribution in [0.4, 0.5) is 0 Å². The summed E-state index contributed by atoms with van der Waals surface area (Å²) in [5.74, 6) is 1.61. The number of H-pyrrole nitrogens is 1. The number of carbonyl (C=O) groups excluding carboxylic acids is 1. The molecule has 4 rings (SSSR count). The Bertz CT molecular complexity index is 861. The van der Waals surface area contributed by atoms with Crippen molar-refractivity contribution in [3.8, 4) is 5.75 Å². The van der Waals surface area contributed by atoms with E-state index in [1.807, 2.05) is 17.0 Å². The Hall–Kier alpha value is -2.60. The van der Waals surface area contributed by atoms with Crippen LogP contribution >= 0.6 is 0 Å². The first-order chi connectivity index (χ1) is 12.6. The second-order valence-electron chi connectivity index (χ2n) is 7.22. The van der Waals surface area contributed by atoms with E-state index < -0.39 is 0 Å². The number of methoxy groups -OCH3 is 1. The summed E-state index contributed by atoms with van der Waals surface area (Å²) in [5, 5.41) is 0. The van der Waals surface area contributed by atoms with Crippen molar-refractivity contribution < 1.29 is 9.53 Å². The smallest absolute Gasteiger partial charge is 0.270 e. The first-order valence-corrected chi connectivity index (χ1v) is 8.89. The van der Waals surface area contributed by atoms with Crippen LogP contribution in [-0.2, 0) is 0 Å². The Morgan fingerprint density at radius 1 is 1.12 bits per heavy atom. The molecule has 6 heteroatoms. The predicted molar refractivity (Wildman–Crippen MR) is 98.3 cm³/mol. The molecule has 1 amide bonds. The number of likely N-dealkylation sites (tertiary alicyclic amines) is 2. The number of hydrogen-bond donors (Lipinski definition) is 1. The van der Waals surface area contributed by atoms with Crippen molar-refractivity contribution in [1.82, 2.24) is 14.8 Å². The summed E-state index contributed by atoms with van der Waals surface area (Å²) < 4.78 is 5.26. The molecular formula is C20H23N3O3. The summed E-state index contributed by atoms with van der Waals surface area (Å²) in [6.45, 7) is 2.41. The molecule has 0 saturated carbocycles. The third-order valence-corrected chi connectivity index (χ3v) is 5.64. The molecule has 0 bridgehead atoms. The number of pyridine rings is 1. The van der Waals surface area contributed by atoms with Crippen molar-refractivity contribution in [2.45, 2.75) is 6.04 Å². The first-order valence-electron chi connectivity index (χ1n) is 8.89. The maximum absolute atomic E-state index is 12.8. The fraction of sp³-hybridized carbons (Fsp3) is 0.400. The topological polar surface area (TPSA) is 65.6 Å². The highest BCUT2D eigenvalue weighted by molar-refractivity contribution is 5.92. The van der Waals surface area contributed by atoms with Crippen LogP contribution in [0, 0.1) is 11.8 Å². The van der Waals surface area contributed by atoms with Gasteiger partial charge in [0.15, 0.2) is 0 Å². The fourth-order valence-electron chi connectivity index (χ4n) is 4.47. The van der Waals surface area contributed by atoms with Crippen LogP contribution in [0.25, 0.3) is 0 Å². The number of amides is 1. The maximum atomic E-state index is 12.8. The Morgan fingerprint density at radius 2 is 1.88 bits per heavy atom. The largest absolute Gasteiger partial charge is 0.497 e. The number of fused-ring (bicyclic) bond motifs is 1. The van der Waals surface area contributed by atoms with E-state index in [1.54, 1.807) is 19.2 Å². The standard InChI is InChI=1S/C20H23N3O3/c1-22-10-14-11-23(20(25)17-4-3-5-18(24)21-17)12-16(14)19(22)13-6-8-15(26-2)9-7-13/h3-9,14,16,19H,10-12H2,1-2H3,(H,21,24)/t14-,16+,19+/m0/s1. The zero-order valence-electron chi connectivity index (χ0n) is 15.0. The van der Waals surface area contributed by atoms with E-state index in [1.165, 1.54) is 11.6 Å². The average molecular weight is 353 g/mol. The van der Waals surface area contributed by atoms with Crippen LogP contribution < -0.4 is 10.3 Å². The van der Waals surface area contributed by atoms with E-state index in [2.05, 4.69) is 29.1 Å². The number of ether oxygens (including phenoxy) is 1. The number of rotatable bonds is 3. The van der Waals surface area contributed by atoms with E-state index in [9.17, 15) is 9.59 Å². The molecular weight excluding hydrogens is 330 g/mol. The predicted octanol–water partition coefficient (Wildman–Crippen LogP) is 1.76. The molecule has 2 fully saturated rings.